The molecule has 480 valence electrons. The van der Waals surface area contributed by atoms with Crippen molar-refractivity contribution in [3.05, 3.63) is 276 Å². The van der Waals surface area contributed by atoms with E-state index >= 15 is 0 Å². The fraction of sp³-hybridized carbons (Fsp3) is 0.0769. The van der Waals surface area contributed by atoms with E-state index in [0.29, 0.717) is 56.0 Å². The van der Waals surface area contributed by atoms with Crippen molar-refractivity contribution in [2.75, 3.05) is 0 Å². The number of hydrogen-bond donors (Lipinski definition) is 0. The molecule has 6 aromatic heterocycles. The quantitative estimate of drug-likeness (QED) is 0.145. The molecule has 0 unspecified atom stereocenters. The van der Waals surface area contributed by atoms with Gasteiger partial charge >= 0.3 is 0 Å². The van der Waals surface area contributed by atoms with Gasteiger partial charge in [-0.15, -0.1) is 0 Å². The van der Waals surface area contributed by atoms with E-state index in [1.165, 1.54) is 37.4 Å². The minimum Gasteiger partial charge on any atom is -0.344 e. The largest absolute Gasteiger partial charge is 0.344 e. The van der Waals surface area contributed by atoms with Crippen LogP contribution in [0.25, 0.3) is 131 Å². The highest BCUT2D eigenvalue weighted by Crippen LogP contribution is 2.38. The topological polar surface area (TPSA) is 29.6 Å². The van der Waals surface area contributed by atoms with Gasteiger partial charge < -0.3 is 27.4 Å². The summed E-state index contributed by atoms with van der Waals surface area (Å²) in [6.07, 6.45) is 0. The van der Waals surface area contributed by atoms with E-state index in [4.69, 9.17) is 112 Å². The molecule has 0 saturated heterocycles. The van der Waals surface area contributed by atoms with Gasteiger partial charge in [0.2, 0.25) is 0 Å². The smallest absolute Gasteiger partial charge is 0.0646 e. The third kappa shape index (κ3) is 13.4. The lowest BCUT2D eigenvalue weighted by atomic mass is 10.1. The van der Waals surface area contributed by atoms with Gasteiger partial charge in [0.25, 0.3) is 0 Å². The predicted octanol–water partition coefficient (Wildman–Crippen LogP) is 28.3. The number of fused-ring (bicyclic) bond motifs is 18. The van der Waals surface area contributed by atoms with Crippen LogP contribution < -0.4 is 0 Å². The molecule has 0 atom stereocenters. The van der Waals surface area contributed by atoms with Crippen molar-refractivity contribution in [2.24, 2.45) is 42.3 Å². The van der Waals surface area contributed by atoms with Gasteiger partial charge in [0.15, 0.2) is 0 Å². The molecular formula is C78H54Br4Cl8N6. The molecule has 6 heterocycles. The van der Waals surface area contributed by atoms with Crippen LogP contribution in [-0.4, -0.2) is 27.4 Å². The average molecular weight is 1690 g/mol. The first-order chi connectivity index (χ1) is 51.8. The third-order valence-corrected chi connectivity index (χ3v) is 20.1. The molecular weight excluding hydrogens is 1620 g/mol. The number of halogens is 12. The summed E-state index contributed by atoms with van der Waals surface area (Å²) in [6.45, 7) is 0. The van der Waals surface area contributed by atoms with E-state index in [9.17, 15) is 0 Å². The van der Waals surface area contributed by atoms with Crippen molar-refractivity contribution in [3.63, 3.8) is 0 Å². The van der Waals surface area contributed by atoms with Crippen molar-refractivity contribution in [1.82, 2.24) is 27.4 Å². The first kappa shape index (κ1) is 52.7. The molecule has 12 aromatic carbocycles. The van der Waals surface area contributed by atoms with Crippen LogP contribution in [0.4, 0.5) is 0 Å². The Morgan fingerprint density at radius 1 is 0.208 bits per heavy atom. The van der Waals surface area contributed by atoms with Crippen molar-refractivity contribution >= 4 is 287 Å². The highest BCUT2D eigenvalue weighted by molar-refractivity contribution is 9.11. The number of benzene rings is 12. The molecule has 0 aliphatic carbocycles. The summed E-state index contributed by atoms with van der Waals surface area (Å²) in [5, 5.41) is 12.5. The van der Waals surface area contributed by atoms with Crippen LogP contribution >= 0.6 is 157 Å². The van der Waals surface area contributed by atoms with Crippen LogP contribution in [0.3, 0.4) is 0 Å². The van der Waals surface area contributed by atoms with Crippen LogP contribution in [0.5, 0.6) is 0 Å². The molecule has 18 aromatic rings. The summed E-state index contributed by atoms with van der Waals surface area (Å²) >= 11 is 61.8. The lowest BCUT2D eigenvalue weighted by molar-refractivity contribution is 1.01. The Bertz CT molecular complexity index is 6340. The van der Waals surface area contributed by atoms with Crippen molar-refractivity contribution in [1.29, 1.82) is 0 Å². The van der Waals surface area contributed by atoms with Crippen LogP contribution in [-0.2, 0) is 42.3 Å². The van der Waals surface area contributed by atoms with Gasteiger partial charge in [0.1, 0.15) is 0 Å². The first-order valence-corrected chi connectivity index (χ1v) is 35.1. The number of aromatic nitrogens is 6. The second kappa shape index (κ2) is 28.1. The summed E-state index contributed by atoms with van der Waals surface area (Å²) in [5.74, 6) is 0. The Labute approximate surface area is 646 Å². The highest BCUT2D eigenvalue weighted by Gasteiger charge is 2.15. The summed E-state index contributed by atoms with van der Waals surface area (Å²) < 4.78 is 126. The molecule has 0 amide bonds. The SMILES string of the molecule is Cn1c2ccc(Br)cc2c2cc(Br)ccc21.Cn1c2ccc(Cl)cc2c2cc(Cl)ccc21.[2H]c1c(Cl)c([2H])c2c3c([2H])c(Cl)c([2H])c([2H])c3n(C)c2c1[2H].[2H]c1cc2c(c([2H])c1Cl)c1c([2H])c(Cl)c([2H])cc1n2C.[2H]c1cc2c(cc1Br)c1cc(Br)c([2H])cc1n2C.[2H]c1cc2c(cc1Cl)c1cc(Cl)c([2H])cc1n2C. The molecule has 0 fully saturated rings. The molecule has 0 bridgehead atoms. The number of rotatable bonds is 0. The van der Waals surface area contributed by atoms with Crippen molar-refractivity contribution < 1.29 is 19.2 Å². The summed E-state index contributed by atoms with van der Waals surface area (Å²) in [5.41, 5.74) is 10.4. The van der Waals surface area contributed by atoms with Gasteiger partial charge in [-0.1, -0.05) is 157 Å². The molecule has 0 aliphatic heterocycles. The van der Waals surface area contributed by atoms with E-state index in [-0.39, 0.29) is 102 Å². The molecule has 0 radical (unpaired) electrons. The zero-order valence-electron chi connectivity index (χ0n) is 64.9. The van der Waals surface area contributed by atoms with Gasteiger partial charge in [-0.25, -0.2) is 0 Å². The normalized spacial score (nSPS) is 13.5. The third-order valence-electron chi connectivity index (χ3n) is 16.5. The Hall–Kier alpha value is -6.32. The summed E-state index contributed by atoms with van der Waals surface area (Å²) in [4.78, 5) is 0. The second-order valence-electron chi connectivity index (χ2n) is 22.1. The Balaban J connectivity index is 0.000000116. The maximum atomic E-state index is 8.13. The van der Waals surface area contributed by atoms with Crippen LogP contribution in [0.2, 0.25) is 40.2 Å². The maximum Gasteiger partial charge on any atom is 0.0646 e. The predicted molar refractivity (Wildman–Crippen MR) is 433 cm³/mol. The fourth-order valence-corrected chi connectivity index (χ4v) is 14.6. The lowest BCUT2D eigenvalue weighted by Gasteiger charge is -1.97. The van der Waals surface area contributed by atoms with Crippen molar-refractivity contribution in [3.8, 4) is 0 Å². The molecule has 96 heavy (non-hydrogen) atoms. The minimum absolute atomic E-state index is 0.0158. The van der Waals surface area contributed by atoms with E-state index in [2.05, 4.69) is 116 Å². The average Bonchev–Trinajstić information content (AvgIpc) is 1.55. The minimum atomic E-state index is -0.277. The zero-order chi connectivity index (χ0) is 79.9. The number of aryl methyl sites for hydroxylation is 6. The molecule has 0 N–H and O–H groups in total. The van der Waals surface area contributed by atoms with Gasteiger partial charge in [0.05, 0.1) is 19.2 Å². The van der Waals surface area contributed by atoms with Crippen LogP contribution in [0, 0.1) is 0 Å². The number of nitrogens with zero attached hydrogens (tertiary/aromatic N) is 6. The van der Waals surface area contributed by atoms with Crippen LogP contribution in [0.1, 0.15) is 19.2 Å². The monoisotopic (exact) mass is 1680 g/mol. The summed E-state index contributed by atoms with van der Waals surface area (Å²) in [6, 6.07) is 42.8. The molecule has 0 saturated carbocycles. The second-order valence-corrected chi connectivity index (χ2v) is 28.9. The molecule has 6 nitrogen and oxygen atoms in total. The Morgan fingerprint density at radius 3 is 0.760 bits per heavy atom. The van der Waals surface area contributed by atoms with Gasteiger partial charge in [-0.3, -0.25) is 0 Å². The van der Waals surface area contributed by atoms with E-state index in [0.717, 1.165) is 82.3 Å². The van der Waals surface area contributed by atoms with Gasteiger partial charge in [-0.05, 0) is 218 Å². The zero-order valence-corrected chi connectivity index (χ0v) is 63.3. The standard InChI is InChI=1S/2C13H9Br2N.4C13H9Cl2N/c6*1-16-12-4-2-8(14)6-10(12)11-7-9(15)3-5-13(11)16/h6*2-7H,1H3/i2D,3D;;2D,3D,4D,5D,6D,7D;2D,3D,6D,7D;2D,3D;. The Kier molecular flexibility index (Phi) is 15.4. The van der Waals surface area contributed by atoms with Gasteiger partial charge in [-0.2, -0.15) is 0 Å². The summed E-state index contributed by atoms with van der Waals surface area (Å²) in [7, 11) is 11.4. The Morgan fingerprint density at radius 2 is 0.427 bits per heavy atom. The molecule has 0 spiro atoms. The molecule has 18 rings (SSSR count). The highest BCUT2D eigenvalue weighted by atomic mass is 79.9. The van der Waals surface area contributed by atoms with E-state index in [1.807, 2.05) is 90.9 Å². The van der Waals surface area contributed by atoms with Crippen LogP contribution in [0.15, 0.2) is 236 Å². The maximum absolute atomic E-state index is 8.13. The molecule has 18 heteroatoms. The van der Waals surface area contributed by atoms with Crippen molar-refractivity contribution in [2.45, 2.75) is 0 Å². The van der Waals surface area contributed by atoms with Gasteiger partial charge in [0, 0.05) is 231 Å². The molecule has 0 aliphatic rings. The first-order valence-electron chi connectivity index (χ1n) is 35.9. The van der Waals surface area contributed by atoms with E-state index < -0.39 is 0 Å². The number of hydrogen-bond acceptors (Lipinski definition) is 0. The van der Waals surface area contributed by atoms with E-state index in [1.54, 1.807) is 55.1 Å². The lowest BCUT2D eigenvalue weighted by Crippen LogP contribution is -1.85. The fourth-order valence-electron chi connectivity index (χ4n) is 12.0.